The normalized spacial score (nSPS) is 25.3. The maximum Gasteiger partial charge on any atom is 0.416 e. The number of hydrogen-bond acceptors (Lipinski definition) is 3. The molecule has 0 amide bonds. The first kappa shape index (κ1) is 20.4. The van der Waals surface area contributed by atoms with E-state index in [1.165, 1.54) is 11.6 Å². The second-order valence-electron chi connectivity index (χ2n) is 7.93. The summed E-state index contributed by atoms with van der Waals surface area (Å²) in [5, 5.41) is 0. The number of halogens is 3. The van der Waals surface area contributed by atoms with E-state index in [0.29, 0.717) is 18.4 Å². The number of nitrogens with one attached hydrogen (secondary N) is 1. The lowest BCUT2D eigenvalue weighted by Crippen LogP contribution is -2.39. The number of fused-ring (bicyclic) bond motifs is 1. The molecule has 1 saturated heterocycles. The molecule has 156 valence electrons. The molecule has 3 unspecified atom stereocenters. The first-order chi connectivity index (χ1) is 13.7. The minimum Gasteiger partial charge on any atom is -0.298 e. The van der Waals surface area contributed by atoms with E-state index in [4.69, 9.17) is 0 Å². The predicted molar refractivity (Wildman–Crippen MR) is 103 cm³/mol. The fourth-order valence-electron chi connectivity index (χ4n) is 4.58. The van der Waals surface area contributed by atoms with Crippen LogP contribution >= 0.6 is 0 Å². The van der Waals surface area contributed by atoms with Gasteiger partial charge in [0.1, 0.15) is 0 Å². The number of likely N-dealkylation sites (tertiary alicyclic amines) is 1. The third kappa shape index (κ3) is 4.49. The van der Waals surface area contributed by atoms with Crippen LogP contribution in [0.4, 0.5) is 13.2 Å². The Hall–Kier alpha value is -1.90. The quantitative estimate of drug-likeness (QED) is 0.792. The summed E-state index contributed by atoms with van der Waals surface area (Å²) in [5.41, 5.74) is 0.258. The smallest absolute Gasteiger partial charge is 0.298 e. The molecule has 8 heteroatoms. The van der Waals surface area contributed by atoms with Crippen molar-refractivity contribution in [2.75, 3.05) is 13.1 Å². The Labute approximate surface area is 168 Å². The summed E-state index contributed by atoms with van der Waals surface area (Å²) < 4.78 is 67.0. The molecule has 1 N–H and O–H groups in total. The maximum atomic E-state index is 12.9. The molecule has 1 heterocycles. The first-order valence-corrected chi connectivity index (χ1v) is 11.2. The molecule has 0 bridgehead atoms. The highest BCUT2D eigenvalue weighted by molar-refractivity contribution is 7.89. The molecule has 2 fully saturated rings. The van der Waals surface area contributed by atoms with Gasteiger partial charge >= 0.3 is 6.18 Å². The zero-order chi connectivity index (χ0) is 20.6. The Morgan fingerprint density at radius 2 is 1.76 bits per heavy atom. The summed E-state index contributed by atoms with van der Waals surface area (Å²) in [4.78, 5) is 1.99. The lowest BCUT2D eigenvalue weighted by atomic mass is 9.98. The van der Waals surface area contributed by atoms with Gasteiger partial charge in [0, 0.05) is 25.7 Å². The first-order valence-electron chi connectivity index (χ1n) is 9.68. The van der Waals surface area contributed by atoms with E-state index in [9.17, 15) is 21.6 Å². The summed E-state index contributed by atoms with van der Waals surface area (Å²) >= 11 is 0. The van der Waals surface area contributed by atoms with Gasteiger partial charge in [-0.3, -0.25) is 4.90 Å². The number of sulfonamides is 1. The zero-order valence-electron chi connectivity index (χ0n) is 15.8. The SMILES string of the molecule is O=S(=O)(NC1CCC2CN(Cc3ccccc3)CC21)c1cccc(C(F)(F)F)c1. The van der Waals surface area contributed by atoms with E-state index in [1.54, 1.807) is 0 Å². The fourth-order valence-corrected chi connectivity index (χ4v) is 5.95. The highest BCUT2D eigenvalue weighted by atomic mass is 32.2. The summed E-state index contributed by atoms with van der Waals surface area (Å²) in [6.45, 7) is 2.53. The van der Waals surface area contributed by atoms with Gasteiger partial charge in [0.25, 0.3) is 0 Å². The molecule has 2 aromatic rings. The third-order valence-corrected chi connectivity index (χ3v) is 7.45. The van der Waals surface area contributed by atoms with Gasteiger partial charge in [-0.25, -0.2) is 13.1 Å². The van der Waals surface area contributed by atoms with E-state index in [1.807, 2.05) is 18.2 Å². The average Bonchev–Trinajstić information content (AvgIpc) is 3.23. The van der Waals surface area contributed by atoms with Crippen LogP contribution < -0.4 is 4.72 Å². The molecule has 4 nitrogen and oxygen atoms in total. The lowest BCUT2D eigenvalue weighted by Gasteiger charge is -2.22. The predicted octanol–water partition coefficient (Wildman–Crippen LogP) is 3.89. The molecule has 2 aromatic carbocycles. The second-order valence-corrected chi connectivity index (χ2v) is 9.65. The lowest BCUT2D eigenvalue weighted by molar-refractivity contribution is -0.137. The Bertz CT molecular complexity index is 963. The van der Waals surface area contributed by atoms with Crippen molar-refractivity contribution in [2.24, 2.45) is 11.8 Å². The summed E-state index contributed by atoms with van der Waals surface area (Å²) in [6, 6.07) is 13.8. The van der Waals surface area contributed by atoms with Gasteiger partial charge in [0.05, 0.1) is 10.5 Å². The van der Waals surface area contributed by atoms with Crippen molar-refractivity contribution in [3.05, 3.63) is 65.7 Å². The molecular weight excluding hydrogens is 401 g/mol. The van der Waals surface area contributed by atoms with Crippen molar-refractivity contribution >= 4 is 10.0 Å². The number of benzene rings is 2. The minimum absolute atomic E-state index is 0.180. The van der Waals surface area contributed by atoms with Crippen LogP contribution in [0.15, 0.2) is 59.5 Å². The molecule has 1 aliphatic heterocycles. The molecular formula is C21H23F3N2O2S. The van der Waals surface area contributed by atoms with Crippen molar-refractivity contribution in [2.45, 2.75) is 36.5 Å². The molecule has 2 aliphatic rings. The standard InChI is InChI=1S/C21H23F3N2O2S/c22-21(23,24)17-7-4-8-18(11-17)29(27,28)25-20-10-9-16-13-26(14-19(16)20)12-15-5-2-1-3-6-15/h1-8,11,16,19-20,25H,9-10,12-14H2. The molecule has 4 rings (SSSR count). The van der Waals surface area contributed by atoms with Gasteiger partial charge in [-0.05, 0) is 48.4 Å². The largest absolute Gasteiger partial charge is 0.416 e. The number of hydrogen-bond donors (Lipinski definition) is 1. The molecule has 3 atom stereocenters. The van der Waals surface area contributed by atoms with Gasteiger partial charge in [0.2, 0.25) is 10.0 Å². The molecule has 1 saturated carbocycles. The van der Waals surface area contributed by atoms with Crippen LogP contribution in [0.5, 0.6) is 0 Å². The van der Waals surface area contributed by atoms with Crippen LogP contribution in [0, 0.1) is 11.8 Å². The van der Waals surface area contributed by atoms with E-state index >= 15 is 0 Å². The molecule has 0 radical (unpaired) electrons. The molecule has 0 aromatic heterocycles. The van der Waals surface area contributed by atoms with Gasteiger partial charge in [-0.15, -0.1) is 0 Å². The van der Waals surface area contributed by atoms with Crippen LogP contribution in [-0.4, -0.2) is 32.4 Å². The summed E-state index contributed by atoms with van der Waals surface area (Å²) in [5.74, 6) is 0.590. The summed E-state index contributed by atoms with van der Waals surface area (Å²) in [6.07, 6.45) is -2.94. The van der Waals surface area contributed by atoms with Crippen molar-refractivity contribution in [1.82, 2.24) is 9.62 Å². The third-order valence-electron chi connectivity index (χ3n) is 5.96. The average molecular weight is 424 g/mol. The van der Waals surface area contributed by atoms with E-state index in [2.05, 4.69) is 21.8 Å². The Morgan fingerprint density at radius 1 is 1.00 bits per heavy atom. The monoisotopic (exact) mass is 424 g/mol. The maximum absolute atomic E-state index is 12.9. The van der Waals surface area contributed by atoms with Crippen LogP contribution in [0.1, 0.15) is 24.0 Å². The Morgan fingerprint density at radius 3 is 2.48 bits per heavy atom. The minimum atomic E-state index is -4.58. The highest BCUT2D eigenvalue weighted by Crippen LogP contribution is 2.39. The number of nitrogens with zero attached hydrogens (tertiary/aromatic N) is 1. The van der Waals surface area contributed by atoms with Crippen molar-refractivity contribution in [3.8, 4) is 0 Å². The fraction of sp³-hybridized carbons (Fsp3) is 0.429. The molecule has 0 spiro atoms. The van der Waals surface area contributed by atoms with Crippen LogP contribution in [0.3, 0.4) is 0 Å². The summed E-state index contributed by atoms with van der Waals surface area (Å²) in [7, 11) is -4.01. The second kappa shape index (κ2) is 7.74. The van der Waals surface area contributed by atoms with E-state index in [0.717, 1.165) is 38.2 Å². The van der Waals surface area contributed by atoms with Gasteiger partial charge in [-0.2, -0.15) is 13.2 Å². The number of alkyl halides is 3. The van der Waals surface area contributed by atoms with Crippen molar-refractivity contribution in [1.29, 1.82) is 0 Å². The van der Waals surface area contributed by atoms with E-state index < -0.39 is 21.8 Å². The Kier molecular flexibility index (Phi) is 5.44. The van der Waals surface area contributed by atoms with Crippen molar-refractivity contribution < 1.29 is 21.6 Å². The van der Waals surface area contributed by atoms with Gasteiger partial charge in [-0.1, -0.05) is 36.4 Å². The molecule has 1 aliphatic carbocycles. The van der Waals surface area contributed by atoms with Gasteiger partial charge < -0.3 is 0 Å². The topological polar surface area (TPSA) is 49.4 Å². The Balaban J connectivity index is 1.45. The van der Waals surface area contributed by atoms with Crippen LogP contribution in [0.2, 0.25) is 0 Å². The van der Waals surface area contributed by atoms with E-state index in [-0.39, 0.29) is 16.9 Å². The molecule has 29 heavy (non-hydrogen) atoms. The van der Waals surface area contributed by atoms with Gasteiger partial charge in [0.15, 0.2) is 0 Å². The zero-order valence-corrected chi connectivity index (χ0v) is 16.6. The van der Waals surface area contributed by atoms with Crippen LogP contribution in [0.25, 0.3) is 0 Å². The number of rotatable bonds is 5. The van der Waals surface area contributed by atoms with Crippen molar-refractivity contribution in [3.63, 3.8) is 0 Å². The van der Waals surface area contributed by atoms with Crippen LogP contribution in [-0.2, 0) is 22.7 Å². The highest BCUT2D eigenvalue weighted by Gasteiger charge is 2.44.